The van der Waals surface area contributed by atoms with Crippen molar-refractivity contribution in [1.82, 2.24) is 0 Å². The molecule has 2 rings (SSSR count). The van der Waals surface area contributed by atoms with E-state index in [-0.39, 0.29) is 0 Å². The predicted molar refractivity (Wildman–Crippen MR) is 88.4 cm³/mol. The normalized spacial score (nSPS) is 10.1. The molecule has 0 aliphatic heterocycles. The second kappa shape index (κ2) is 7.01. The van der Waals surface area contributed by atoms with Crippen LogP contribution in [0.25, 0.3) is 0 Å². The first-order valence-corrected chi connectivity index (χ1v) is 7.31. The highest BCUT2D eigenvalue weighted by molar-refractivity contribution is 6.32. The highest BCUT2D eigenvalue weighted by Gasteiger charge is 2.13. The monoisotopic (exact) mass is 299 g/mol. The maximum Gasteiger partial charge on any atom is 0.103 e. The summed E-state index contributed by atoms with van der Waals surface area (Å²) in [6.45, 7) is 3.70. The minimum absolute atomic E-state index is 0.494. The molecule has 0 aliphatic rings. The molecule has 2 N–H and O–H groups in total. The van der Waals surface area contributed by atoms with Crippen LogP contribution in [0.1, 0.15) is 24.5 Å². The van der Waals surface area contributed by atoms with Crippen LogP contribution in [0.3, 0.4) is 0 Å². The van der Waals surface area contributed by atoms with Gasteiger partial charge in [-0.3, -0.25) is 0 Å². The van der Waals surface area contributed by atoms with Crippen molar-refractivity contribution >= 4 is 23.0 Å². The molecule has 0 heterocycles. The van der Waals surface area contributed by atoms with E-state index in [9.17, 15) is 5.26 Å². The molecule has 0 unspecified atom stereocenters. The molecular formula is C17H18ClN3. The SMILES string of the molecule is CCCN(Cc1ccc(N)cc1)c1cccc(Cl)c1C#N. The minimum Gasteiger partial charge on any atom is -0.399 e. The molecule has 0 aromatic heterocycles. The fourth-order valence-corrected chi connectivity index (χ4v) is 2.50. The molecule has 0 saturated carbocycles. The van der Waals surface area contributed by atoms with Gasteiger partial charge in [0.2, 0.25) is 0 Å². The zero-order valence-corrected chi connectivity index (χ0v) is 12.8. The van der Waals surface area contributed by atoms with Crippen molar-refractivity contribution in [3.8, 4) is 6.07 Å². The number of nitrogen functional groups attached to an aromatic ring is 1. The molecule has 108 valence electrons. The summed E-state index contributed by atoms with van der Waals surface area (Å²) in [5, 5.41) is 9.84. The third-order valence-corrected chi connectivity index (χ3v) is 3.61. The van der Waals surface area contributed by atoms with Gasteiger partial charge in [-0.1, -0.05) is 36.7 Å². The van der Waals surface area contributed by atoms with Crippen LogP contribution in [0.5, 0.6) is 0 Å². The average molecular weight is 300 g/mol. The van der Waals surface area contributed by atoms with Gasteiger partial charge in [-0.2, -0.15) is 5.26 Å². The van der Waals surface area contributed by atoms with Gasteiger partial charge in [-0.15, -0.1) is 0 Å². The summed E-state index contributed by atoms with van der Waals surface area (Å²) in [5.41, 5.74) is 9.03. The number of nitrogens with two attached hydrogens (primary N) is 1. The number of hydrogen-bond acceptors (Lipinski definition) is 3. The van der Waals surface area contributed by atoms with E-state index in [2.05, 4.69) is 17.9 Å². The zero-order valence-electron chi connectivity index (χ0n) is 12.0. The molecule has 2 aromatic carbocycles. The standard InChI is InChI=1S/C17H18ClN3/c1-2-10-21(12-13-6-8-14(20)9-7-13)17-5-3-4-16(18)15(17)11-19/h3-9H,2,10,12,20H2,1H3. The Morgan fingerprint density at radius 3 is 2.52 bits per heavy atom. The predicted octanol–water partition coefficient (Wildman–Crippen LogP) is 4.21. The highest BCUT2D eigenvalue weighted by Crippen LogP contribution is 2.28. The Morgan fingerprint density at radius 1 is 1.19 bits per heavy atom. The lowest BCUT2D eigenvalue weighted by Crippen LogP contribution is -2.24. The van der Waals surface area contributed by atoms with Gasteiger partial charge in [-0.25, -0.2) is 0 Å². The molecule has 21 heavy (non-hydrogen) atoms. The van der Waals surface area contributed by atoms with Crippen molar-refractivity contribution in [3.63, 3.8) is 0 Å². The Hall–Kier alpha value is -2.18. The number of nitriles is 1. The third kappa shape index (κ3) is 3.68. The summed E-state index contributed by atoms with van der Waals surface area (Å²) in [6.07, 6.45) is 0.992. The Morgan fingerprint density at radius 2 is 1.90 bits per heavy atom. The van der Waals surface area contributed by atoms with Crippen LogP contribution < -0.4 is 10.6 Å². The van der Waals surface area contributed by atoms with Gasteiger partial charge in [0.1, 0.15) is 6.07 Å². The van der Waals surface area contributed by atoms with Gasteiger partial charge in [0.25, 0.3) is 0 Å². The fraction of sp³-hybridized carbons (Fsp3) is 0.235. The number of benzene rings is 2. The van der Waals surface area contributed by atoms with Crippen molar-refractivity contribution < 1.29 is 0 Å². The van der Waals surface area contributed by atoms with Crippen LogP contribution in [0.4, 0.5) is 11.4 Å². The first kappa shape index (κ1) is 15.2. The maximum atomic E-state index is 9.34. The molecule has 0 spiro atoms. The lowest BCUT2D eigenvalue weighted by atomic mass is 10.1. The number of nitrogens with zero attached hydrogens (tertiary/aromatic N) is 2. The zero-order chi connectivity index (χ0) is 15.2. The van der Waals surface area contributed by atoms with Crippen LogP contribution in [0.2, 0.25) is 5.02 Å². The second-order valence-corrected chi connectivity index (χ2v) is 5.32. The summed E-state index contributed by atoms with van der Waals surface area (Å²) in [5.74, 6) is 0. The van der Waals surface area contributed by atoms with Crippen LogP contribution in [-0.4, -0.2) is 6.54 Å². The largest absolute Gasteiger partial charge is 0.399 e. The van der Waals surface area contributed by atoms with Crippen molar-refractivity contribution in [1.29, 1.82) is 5.26 Å². The van der Waals surface area contributed by atoms with E-state index < -0.39 is 0 Å². The Balaban J connectivity index is 2.33. The summed E-state index contributed by atoms with van der Waals surface area (Å²) in [4.78, 5) is 2.18. The van der Waals surface area contributed by atoms with E-state index >= 15 is 0 Å². The van der Waals surface area contributed by atoms with E-state index in [0.29, 0.717) is 10.6 Å². The number of halogens is 1. The van der Waals surface area contributed by atoms with Crippen molar-refractivity contribution in [3.05, 3.63) is 58.6 Å². The summed E-state index contributed by atoms with van der Waals surface area (Å²) in [6, 6.07) is 15.6. The second-order valence-electron chi connectivity index (χ2n) is 4.91. The van der Waals surface area contributed by atoms with Gasteiger partial charge in [0.05, 0.1) is 16.3 Å². The van der Waals surface area contributed by atoms with E-state index in [1.807, 2.05) is 36.4 Å². The van der Waals surface area contributed by atoms with Crippen LogP contribution in [0, 0.1) is 11.3 Å². The molecule has 0 aliphatic carbocycles. The fourth-order valence-electron chi connectivity index (χ4n) is 2.28. The van der Waals surface area contributed by atoms with E-state index in [4.69, 9.17) is 17.3 Å². The Labute approximate surface area is 130 Å². The molecule has 4 heteroatoms. The third-order valence-electron chi connectivity index (χ3n) is 3.29. The van der Waals surface area contributed by atoms with Gasteiger partial charge in [0.15, 0.2) is 0 Å². The van der Waals surface area contributed by atoms with Crippen molar-refractivity contribution in [2.75, 3.05) is 17.2 Å². The molecule has 0 fully saturated rings. The molecule has 0 amide bonds. The first-order chi connectivity index (χ1) is 10.2. The molecule has 0 radical (unpaired) electrons. The Kier molecular flexibility index (Phi) is 5.08. The van der Waals surface area contributed by atoms with E-state index in [0.717, 1.165) is 36.4 Å². The van der Waals surface area contributed by atoms with Gasteiger partial charge >= 0.3 is 0 Å². The van der Waals surface area contributed by atoms with Gasteiger partial charge in [0, 0.05) is 18.8 Å². The van der Waals surface area contributed by atoms with Crippen LogP contribution in [-0.2, 0) is 6.54 Å². The van der Waals surface area contributed by atoms with Gasteiger partial charge in [-0.05, 0) is 36.2 Å². The van der Waals surface area contributed by atoms with E-state index in [1.54, 1.807) is 6.07 Å². The van der Waals surface area contributed by atoms with Crippen LogP contribution >= 0.6 is 11.6 Å². The summed E-state index contributed by atoms with van der Waals surface area (Å²) in [7, 11) is 0. The first-order valence-electron chi connectivity index (χ1n) is 6.93. The molecule has 3 nitrogen and oxygen atoms in total. The van der Waals surface area contributed by atoms with Gasteiger partial charge < -0.3 is 10.6 Å². The molecule has 0 bridgehead atoms. The molecule has 2 aromatic rings. The quantitative estimate of drug-likeness (QED) is 0.841. The lowest BCUT2D eigenvalue weighted by Gasteiger charge is -2.26. The molecule has 0 saturated heterocycles. The van der Waals surface area contributed by atoms with Crippen molar-refractivity contribution in [2.45, 2.75) is 19.9 Å². The summed E-state index contributed by atoms with van der Waals surface area (Å²) >= 11 is 6.13. The molecule has 0 atom stereocenters. The maximum absolute atomic E-state index is 9.34. The minimum atomic E-state index is 0.494. The smallest absolute Gasteiger partial charge is 0.103 e. The lowest BCUT2D eigenvalue weighted by molar-refractivity contribution is 0.766. The number of rotatable bonds is 5. The van der Waals surface area contributed by atoms with Crippen LogP contribution in [0.15, 0.2) is 42.5 Å². The van der Waals surface area contributed by atoms with Crippen molar-refractivity contribution in [2.24, 2.45) is 0 Å². The Bertz CT molecular complexity index is 644. The van der Waals surface area contributed by atoms with E-state index in [1.165, 1.54) is 0 Å². The topological polar surface area (TPSA) is 53.0 Å². The highest BCUT2D eigenvalue weighted by atomic mass is 35.5. The number of hydrogen-bond donors (Lipinski definition) is 1. The average Bonchev–Trinajstić information content (AvgIpc) is 2.49. The summed E-state index contributed by atoms with van der Waals surface area (Å²) < 4.78 is 0. The number of anilines is 2. The molecular weight excluding hydrogens is 282 g/mol.